The van der Waals surface area contributed by atoms with Crippen LogP contribution in [0.4, 0.5) is 0 Å². The average Bonchev–Trinajstić information content (AvgIpc) is 2.80. The standard InChI is InChI=1S/C18H26N2O2S/c1-14(2)18(22)20-10-4-9-19(11-12-20)17(21)13-15-5-7-16(23-3)8-6-15/h5-8,14H,4,9-13H2,1-3H3. The van der Waals surface area contributed by atoms with Gasteiger partial charge in [-0.25, -0.2) is 0 Å². The predicted molar refractivity (Wildman–Crippen MR) is 94.5 cm³/mol. The molecule has 0 aromatic heterocycles. The fraction of sp³-hybridized carbons (Fsp3) is 0.556. The molecular formula is C18H26N2O2S. The van der Waals surface area contributed by atoms with Gasteiger partial charge in [0, 0.05) is 37.0 Å². The summed E-state index contributed by atoms with van der Waals surface area (Å²) in [6.45, 7) is 6.63. The molecule has 1 aromatic carbocycles. The zero-order chi connectivity index (χ0) is 16.8. The lowest BCUT2D eigenvalue weighted by atomic mass is 10.1. The molecule has 0 spiro atoms. The first-order chi connectivity index (χ1) is 11.0. The zero-order valence-corrected chi connectivity index (χ0v) is 15.1. The molecule has 0 N–H and O–H groups in total. The molecule has 0 aliphatic carbocycles. The summed E-state index contributed by atoms with van der Waals surface area (Å²) in [5.41, 5.74) is 1.05. The molecule has 2 amide bonds. The van der Waals surface area contributed by atoms with Crippen molar-refractivity contribution < 1.29 is 9.59 Å². The van der Waals surface area contributed by atoms with Crippen molar-refractivity contribution in [2.24, 2.45) is 5.92 Å². The molecule has 0 atom stereocenters. The lowest BCUT2D eigenvalue weighted by Crippen LogP contribution is -2.39. The Kier molecular flexibility index (Phi) is 6.51. The number of rotatable bonds is 4. The van der Waals surface area contributed by atoms with Crippen molar-refractivity contribution in [2.45, 2.75) is 31.6 Å². The predicted octanol–water partition coefficient (Wildman–Crippen LogP) is 2.67. The van der Waals surface area contributed by atoms with E-state index in [1.54, 1.807) is 11.8 Å². The highest BCUT2D eigenvalue weighted by Gasteiger charge is 2.23. The van der Waals surface area contributed by atoms with E-state index in [9.17, 15) is 9.59 Å². The SMILES string of the molecule is CSc1ccc(CC(=O)N2CCCN(C(=O)C(C)C)CC2)cc1. The van der Waals surface area contributed by atoms with Gasteiger partial charge in [0.25, 0.3) is 0 Å². The van der Waals surface area contributed by atoms with E-state index in [4.69, 9.17) is 0 Å². The first-order valence-corrected chi connectivity index (χ1v) is 9.43. The first-order valence-electron chi connectivity index (χ1n) is 8.20. The van der Waals surface area contributed by atoms with Gasteiger partial charge in [-0.05, 0) is 30.4 Å². The van der Waals surface area contributed by atoms with Crippen molar-refractivity contribution in [1.82, 2.24) is 9.80 Å². The van der Waals surface area contributed by atoms with Gasteiger partial charge in [0.1, 0.15) is 0 Å². The minimum atomic E-state index is 0.0206. The lowest BCUT2D eigenvalue weighted by molar-refractivity contribution is -0.135. The van der Waals surface area contributed by atoms with Crippen molar-refractivity contribution >= 4 is 23.6 Å². The molecule has 0 saturated carbocycles. The third-order valence-corrected chi connectivity index (χ3v) is 4.91. The van der Waals surface area contributed by atoms with Crippen LogP contribution in [0.5, 0.6) is 0 Å². The molecule has 1 fully saturated rings. The van der Waals surface area contributed by atoms with Gasteiger partial charge in [-0.15, -0.1) is 11.8 Å². The van der Waals surface area contributed by atoms with Gasteiger partial charge in [0.05, 0.1) is 6.42 Å². The van der Waals surface area contributed by atoms with Gasteiger partial charge in [-0.3, -0.25) is 9.59 Å². The van der Waals surface area contributed by atoms with E-state index in [0.29, 0.717) is 19.5 Å². The number of hydrogen-bond acceptors (Lipinski definition) is 3. The summed E-state index contributed by atoms with van der Waals surface area (Å²) in [7, 11) is 0. The Bertz CT molecular complexity index is 542. The number of benzene rings is 1. The molecule has 1 aliphatic rings. The Balaban J connectivity index is 1.91. The van der Waals surface area contributed by atoms with Crippen LogP contribution >= 0.6 is 11.8 Å². The highest BCUT2D eigenvalue weighted by Crippen LogP contribution is 2.16. The number of thioether (sulfide) groups is 1. The second-order valence-electron chi connectivity index (χ2n) is 6.24. The maximum atomic E-state index is 12.5. The van der Waals surface area contributed by atoms with Crippen LogP contribution in [0.1, 0.15) is 25.8 Å². The summed E-state index contributed by atoms with van der Waals surface area (Å²) in [4.78, 5) is 29.6. The van der Waals surface area contributed by atoms with Gasteiger partial charge in [0.15, 0.2) is 0 Å². The van der Waals surface area contributed by atoms with Crippen LogP contribution in [0, 0.1) is 5.92 Å². The Morgan fingerprint density at radius 3 is 2.26 bits per heavy atom. The topological polar surface area (TPSA) is 40.6 Å². The largest absolute Gasteiger partial charge is 0.341 e. The fourth-order valence-corrected chi connectivity index (χ4v) is 3.19. The van der Waals surface area contributed by atoms with E-state index in [2.05, 4.69) is 12.1 Å². The van der Waals surface area contributed by atoms with Crippen LogP contribution in [0.25, 0.3) is 0 Å². The molecule has 0 unspecified atom stereocenters. The van der Waals surface area contributed by atoms with Gasteiger partial charge >= 0.3 is 0 Å². The molecular weight excluding hydrogens is 308 g/mol. The third-order valence-electron chi connectivity index (χ3n) is 4.17. The molecule has 0 radical (unpaired) electrons. The number of nitrogens with zero attached hydrogens (tertiary/aromatic N) is 2. The average molecular weight is 334 g/mol. The minimum absolute atomic E-state index is 0.0206. The first kappa shape index (κ1) is 17.9. The van der Waals surface area contributed by atoms with Gasteiger partial charge in [-0.1, -0.05) is 26.0 Å². The second-order valence-corrected chi connectivity index (χ2v) is 7.12. The summed E-state index contributed by atoms with van der Waals surface area (Å²) in [6.07, 6.45) is 3.34. The Morgan fingerprint density at radius 2 is 1.65 bits per heavy atom. The van der Waals surface area contributed by atoms with Gasteiger partial charge < -0.3 is 9.80 Å². The Morgan fingerprint density at radius 1 is 1.04 bits per heavy atom. The number of hydrogen-bond donors (Lipinski definition) is 0. The van der Waals surface area contributed by atoms with Crippen molar-refractivity contribution in [2.75, 3.05) is 32.4 Å². The lowest BCUT2D eigenvalue weighted by Gasteiger charge is -2.23. The fourth-order valence-electron chi connectivity index (χ4n) is 2.78. The van der Waals surface area contributed by atoms with Crippen LogP contribution in [0.2, 0.25) is 0 Å². The van der Waals surface area contributed by atoms with Crippen LogP contribution in [0.3, 0.4) is 0 Å². The highest BCUT2D eigenvalue weighted by molar-refractivity contribution is 7.98. The number of carbonyl (C=O) groups excluding carboxylic acids is 2. The number of carbonyl (C=O) groups is 2. The van der Waals surface area contributed by atoms with Crippen molar-refractivity contribution in [3.63, 3.8) is 0 Å². The molecule has 1 aromatic rings. The summed E-state index contributed by atoms with van der Waals surface area (Å²) < 4.78 is 0. The molecule has 1 heterocycles. The molecule has 0 bridgehead atoms. The van der Waals surface area contributed by atoms with Crippen molar-refractivity contribution in [3.05, 3.63) is 29.8 Å². The van der Waals surface area contributed by atoms with E-state index >= 15 is 0 Å². The molecule has 23 heavy (non-hydrogen) atoms. The van der Waals surface area contributed by atoms with Crippen molar-refractivity contribution in [3.8, 4) is 0 Å². The summed E-state index contributed by atoms with van der Waals surface area (Å²) in [5, 5.41) is 0. The normalized spacial score (nSPS) is 15.7. The quantitative estimate of drug-likeness (QED) is 0.795. The van der Waals surface area contributed by atoms with Gasteiger partial charge in [0.2, 0.25) is 11.8 Å². The monoisotopic (exact) mass is 334 g/mol. The van der Waals surface area contributed by atoms with E-state index in [1.165, 1.54) is 4.90 Å². The molecule has 5 heteroatoms. The van der Waals surface area contributed by atoms with Gasteiger partial charge in [-0.2, -0.15) is 0 Å². The van der Waals surface area contributed by atoms with E-state index < -0.39 is 0 Å². The smallest absolute Gasteiger partial charge is 0.227 e. The van der Waals surface area contributed by atoms with Crippen LogP contribution in [-0.4, -0.2) is 54.0 Å². The molecule has 1 saturated heterocycles. The molecule has 4 nitrogen and oxygen atoms in total. The highest BCUT2D eigenvalue weighted by atomic mass is 32.2. The number of amides is 2. The maximum absolute atomic E-state index is 12.5. The minimum Gasteiger partial charge on any atom is -0.341 e. The van der Waals surface area contributed by atoms with Crippen molar-refractivity contribution in [1.29, 1.82) is 0 Å². The molecule has 2 rings (SSSR count). The Labute approximate surface area is 143 Å². The van der Waals surface area contributed by atoms with Crippen LogP contribution in [-0.2, 0) is 16.0 Å². The molecule has 1 aliphatic heterocycles. The Hall–Kier alpha value is -1.49. The van der Waals surface area contributed by atoms with E-state index in [-0.39, 0.29) is 17.7 Å². The van der Waals surface area contributed by atoms with E-state index in [0.717, 1.165) is 25.1 Å². The van der Waals surface area contributed by atoms with Crippen LogP contribution in [0.15, 0.2) is 29.2 Å². The van der Waals surface area contributed by atoms with E-state index in [1.807, 2.05) is 42.0 Å². The molecule has 126 valence electrons. The van der Waals surface area contributed by atoms with Crippen LogP contribution < -0.4 is 0 Å². The second kappa shape index (κ2) is 8.39. The summed E-state index contributed by atoms with van der Waals surface area (Å²) in [6, 6.07) is 8.16. The third kappa shape index (κ3) is 4.99. The zero-order valence-electron chi connectivity index (χ0n) is 14.2. The summed E-state index contributed by atoms with van der Waals surface area (Å²) >= 11 is 1.70. The maximum Gasteiger partial charge on any atom is 0.227 e. The summed E-state index contributed by atoms with van der Waals surface area (Å²) in [5.74, 6) is 0.361.